The molecule has 4 saturated carbocycles. The maximum absolute atomic E-state index is 15.4. The zero-order chi connectivity index (χ0) is 21.5. The van der Waals surface area contributed by atoms with Gasteiger partial charge in [0.25, 0.3) is 0 Å². The van der Waals surface area contributed by atoms with E-state index < -0.39 is 51.6 Å². The zero-order valence-corrected chi connectivity index (χ0v) is 16.1. The summed E-state index contributed by atoms with van der Waals surface area (Å²) in [5.74, 6) is -6.08. The van der Waals surface area contributed by atoms with Crippen LogP contribution < -0.4 is 11.5 Å². The first-order valence-electron chi connectivity index (χ1n) is 10.1. The van der Waals surface area contributed by atoms with Gasteiger partial charge in [-0.2, -0.15) is 0 Å². The van der Waals surface area contributed by atoms with E-state index in [4.69, 9.17) is 11.5 Å². The normalized spacial score (nSPS) is 28.8. The first-order valence-corrected chi connectivity index (χ1v) is 10.1. The molecule has 8 heteroatoms. The maximum atomic E-state index is 15.4. The first kappa shape index (κ1) is 19.3. The Hall–Kier alpha value is -2.64. The van der Waals surface area contributed by atoms with Gasteiger partial charge in [0.2, 0.25) is 0 Å². The van der Waals surface area contributed by atoms with E-state index in [-0.39, 0.29) is 23.0 Å². The van der Waals surface area contributed by atoms with E-state index >= 15 is 8.78 Å². The number of phenolic OH excluding ortho intramolecular Hbond substituents is 2. The third kappa shape index (κ3) is 2.27. The minimum atomic E-state index is -1.40. The second kappa shape index (κ2) is 6.18. The molecule has 0 saturated heterocycles. The van der Waals surface area contributed by atoms with E-state index in [1.807, 2.05) is 0 Å². The molecule has 4 aliphatic rings. The average molecular weight is 422 g/mol. The van der Waals surface area contributed by atoms with Gasteiger partial charge in [-0.25, -0.2) is 17.6 Å². The number of hydrogen-bond acceptors (Lipinski definition) is 4. The van der Waals surface area contributed by atoms with E-state index in [2.05, 4.69) is 0 Å². The van der Waals surface area contributed by atoms with Gasteiger partial charge in [-0.05, 0) is 67.9 Å². The molecule has 2 aromatic rings. The molecule has 160 valence electrons. The molecule has 0 heterocycles. The third-order valence-electron chi connectivity index (χ3n) is 7.77. The quantitative estimate of drug-likeness (QED) is 0.324. The lowest BCUT2D eigenvalue weighted by Gasteiger charge is -2.62. The van der Waals surface area contributed by atoms with Crippen LogP contribution in [0, 0.1) is 46.9 Å². The summed E-state index contributed by atoms with van der Waals surface area (Å²) in [6.07, 6.45) is 3.70. The lowest BCUT2D eigenvalue weighted by atomic mass is 9.42. The van der Waals surface area contributed by atoms with E-state index in [0.717, 1.165) is 18.6 Å². The van der Waals surface area contributed by atoms with Crippen LogP contribution in [0.15, 0.2) is 12.1 Å². The first-order chi connectivity index (χ1) is 14.2. The summed E-state index contributed by atoms with van der Waals surface area (Å²) in [5.41, 5.74) is 7.99. The van der Waals surface area contributed by atoms with Crippen molar-refractivity contribution in [2.24, 2.45) is 23.7 Å². The predicted octanol–water partition coefficient (Wildman–Crippen LogP) is 4.56. The van der Waals surface area contributed by atoms with Gasteiger partial charge in [0, 0.05) is 16.5 Å². The van der Waals surface area contributed by atoms with E-state index in [1.165, 1.54) is 0 Å². The van der Waals surface area contributed by atoms with Gasteiger partial charge in [0.1, 0.15) is 11.4 Å². The molecule has 4 nitrogen and oxygen atoms in total. The molecule has 4 fully saturated rings. The highest BCUT2D eigenvalue weighted by atomic mass is 19.1. The topological polar surface area (TPSA) is 92.5 Å². The third-order valence-corrected chi connectivity index (χ3v) is 7.77. The Kier molecular flexibility index (Phi) is 3.98. The van der Waals surface area contributed by atoms with Crippen molar-refractivity contribution in [2.45, 2.75) is 37.5 Å². The fraction of sp³-hybridized carbons (Fsp3) is 0.455. The van der Waals surface area contributed by atoms with E-state index in [1.54, 1.807) is 0 Å². The summed E-state index contributed by atoms with van der Waals surface area (Å²) in [6, 6.07) is 1.70. The molecule has 0 atom stereocenters. The van der Waals surface area contributed by atoms with Crippen molar-refractivity contribution >= 4 is 11.4 Å². The van der Waals surface area contributed by atoms with Crippen LogP contribution >= 0.6 is 0 Å². The van der Waals surface area contributed by atoms with Crippen molar-refractivity contribution < 1.29 is 27.8 Å². The Bertz CT molecular complexity index is 979. The van der Waals surface area contributed by atoms with Crippen LogP contribution in [0.3, 0.4) is 0 Å². The molecule has 0 unspecified atom stereocenters. The fourth-order valence-electron chi connectivity index (χ4n) is 6.83. The Morgan fingerprint density at radius 3 is 1.43 bits per heavy atom. The van der Waals surface area contributed by atoms with Crippen LogP contribution in [0.1, 0.15) is 43.2 Å². The smallest absolute Gasteiger partial charge is 0.177 e. The summed E-state index contributed by atoms with van der Waals surface area (Å²) >= 11 is 0. The lowest BCUT2D eigenvalue weighted by molar-refractivity contribution is -0.0446. The van der Waals surface area contributed by atoms with Gasteiger partial charge in [0.15, 0.2) is 34.8 Å². The van der Waals surface area contributed by atoms with Crippen LogP contribution in [0.2, 0.25) is 0 Å². The SMILES string of the molecule is Nc1c(O)c(F)cc(C2(c3cc(F)c(O)c(N)c3F)C3CC4CC(C3)CC2C4)c1F. The molecule has 6 N–H and O–H groups in total. The van der Waals surface area contributed by atoms with E-state index in [0.29, 0.717) is 37.5 Å². The molecule has 2 aromatic carbocycles. The molecule has 0 amide bonds. The number of phenols is 2. The van der Waals surface area contributed by atoms with Crippen LogP contribution in [0.25, 0.3) is 0 Å². The molecule has 0 spiro atoms. The Balaban J connectivity index is 1.87. The molecular formula is C22H22F4N2O2. The molecule has 0 radical (unpaired) electrons. The second-order valence-corrected chi connectivity index (χ2v) is 9.14. The van der Waals surface area contributed by atoms with E-state index in [9.17, 15) is 19.0 Å². The molecular weight excluding hydrogens is 400 g/mol. The minimum Gasteiger partial charge on any atom is -0.503 e. The molecule has 4 bridgehead atoms. The summed E-state index contributed by atoms with van der Waals surface area (Å²) in [4.78, 5) is 0. The monoisotopic (exact) mass is 422 g/mol. The molecule has 0 aliphatic heterocycles. The molecule has 30 heavy (non-hydrogen) atoms. The van der Waals surface area contributed by atoms with Gasteiger partial charge in [-0.3, -0.25) is 0 Å². The van der Waals surface area contributed by atoms with Gasteiger partial charge in [0.05, 0.1) is 0 Å². The zero-order valence-electron chi connectivity index (χ0n) is 16.1. The number of nitrogen functional groups attached to an aromatic ring is 2. The van der Waals surface area contributed by atoms with Gasteiger partial charge < -0.3 is 21.7 Å². The van der Waals surface area contributed by atoms with Crippen molar-refractivity contribution in [1.29, 1.82) is 0 Å². The number of aromatic hydroxyl groups is 2. The number of benzene rings is 2. The Morgan fingerprint density at radius 1 is 0.700 bits per heavy atom. The van der Waals surface area contributed by atoms with Crippen molar-refractivity contribution in [2.75, 3.05) is 11.5 Å². The van der Waals surface area contributed by atoms with Crippen LogP contribution in [0.5, 0.6) is 11.5 Å². The summed E-state index contributed by atoms with van der Waals surface area (Å²) in [7, 11) is 0. The fourth-order valence-corrected chi connectivity index (χ4v) is 6.83. The highest BCUT2D eigenvalue weighted by molar-refractivity contribution is 5.63. The summed E-state index contributed by atoms with van der Waals surface area (Å²) in [6.45, 7) is 0. The second-order valence-electron chi connectivity index (χ2n) is 9.14. The van der Waals surface area contributed by atoms with Gasteiger partial charge >= 0.3 is 0 Å². The Morgan fingerprint density at radius 2 is 1.07 bits per heavy atom. The van der Waals surface area contributed by atoms with Crippen molar-refractivity contribution in [1.82, 2.24) is 0 Å². The highest BCUT2D eigenvalue weighted by Crippen LogP contribution is 2.66. The molecule has 4 aliphatic carbocycles. The largest absolute Gasteiger partial charge is 0.503 e. The molecule has 6 rings (SSSR count). The van der Waals surface area contributed by atoms with Crippen molar-refractivity contribution in [3.63, 3.8) is 0 Å². The number of halogens is 4. The van der Waals surface area contributed by atoms with Crippen LogP contribution in [0.4, 0.5) is 28.9 Å². The standard InChI is InChI=1S/C22H22F4N2O2/c23-14-6-12(16(25)18(27)20(14)29)22(13-7-15(24)21(30)19(28)17(13)26)10-2-8-1-9(4-10)5-11(22)3-8/h6-11,29-30H,1-5,27-28H2. The lowest BCUT2D eigenvalue weighted by Crippen LogP contribution is -2.57. The maximum Gasteiger partial charge on any atom is 0.177 e. The number of hydrogen-bond donors (Lipinski definition) is 4. The summed E-state index contributed by atoms with van der Waals surface area (Å²) < 4.78 is 59.9. The molecule has 0 aromatic heterocycles. The minimum absolute atomic E-state index is 0.188. The van der Waals surface area contributed by atoms with Crippen molar-refractivity contribution in [3.05, 3.63) is 46.5 Å². The van der Waals surface area contributed by atoms with Crippen molar-refractivity contribution in [3.8, 4) is 11.5 Å². The number of anilines is 2. The number of nitrogens with two attached hydrogens (primary N) is 2. The van der Waals surface area contributed by atoms with Crippen LogP contribution in [-0.2, 0) is 5.41 Å². The summed E-state index contributed by atoms with van der Waals surface area (Å²) in [5, 5.41) is 19.5. The van der Waals surface area contributed by atoms with Crippen LogP contribution in [-0.4, -0.2) is 10.2 Å². The Labute approximate surface area is 170 Å². The van der Waals surface area contributed by atoms with Gasteiger partial charge in [-0.15, -0.1) is 0 Å². The average Bonchev–Trinajstić information content (AvgIpc) is 2.71. The number of rotatable bonds is 2. The van der Waals surface area contributed by atoms with Gasteiger partial charge in [-0.1, -0.05) is 0 Å². The highest BCUT2D eigenvalue weighted by Gasteiger charge is 2.61. The predicted molar refractivity (Wildman–Crippen MR) is 103 cm³/mol.